The predicted molar refractivity (Wildman–Crippen MR) is 73.0 cm³/mol. The highest BCUT2D eigenvalue weighted by molar-refractivity contribution is 5.14. The van der Waals surface area contributed by atoms with E-state index in [1.807, 2.05) is 0 Å². The Hall–Kier alpha value is -0.860. The maximum Gasteiger partial charge on any atom is 0.0233 e. The number of benzene rings is 1. The van der Waals surface area contributed by atoms with Gasteiger partial charge < -0.3 is 5.32 Å². The number of nitrogens with zero attached hydrogens (tertiary/aromatic N) is 1. The molecule has 0 amide bonds. The molecule has 2 atom stereocenters. The molecule has 0 radical (unpaired) electrons. The summed E-state index contributed by atoms with van der Waals surface area (Å²) in [6.07, 6.45) is 1.28. The average molecular weight is 232 g/mol. The van der Waals surface area contributed by atoms with E-state index >= 15 is 0 Å². The van der Waals surface area contributed by atoms with Gasteiger partial charge in [0.1, 0.15) is 0 Å². The molecule has 0 bridgehead atoms. The molecule has 1 aromatic rings. The van der Waals surface area contributed by atoms with Gasteiger partial charge in [0.25, 0.3) is 0 Å². The van der Waals surface area contributed by atoms with Crippen molar-refractivity contribution in [2.24, 2.45) is 5.92 Å². The smallest absolute Gasteiger partial charge is 0.0233 e. The highest BCUT2D eigenvalue weighted by atomic mass is 15.1. The summed E-state index contributed by atoms with van der Waals surface area (Å²) in [6.45, 7) is 9.19. The van der Waals surface area contributed by atoms with E-state index in [9.17, 15) is 0 Å². The van der Waals surface area contributed by atoms with Gasteiger partial charge in [-0.2, -0.15) is 0 Å². The first kappa shape index (κ1) is 12.6. The van der Waals surface area contributed by atoms with Crippen LogP contribution < -0.4 is 5.32 Å². The molecule has 1 fully saturated rings. The second kappa shape index (κ2) is 6.18. The molecule has 0 spiro atoms. The van der Waals surface area contributed by atoms with Crippen molar-refractivity contribution in [2.45, 2.75) is 32.9 Å². The van der Waals surface area contributed by atoms with Gasteiger partial charge in [-0.1, -0.05) is 44.2 Å². The van der Waals surface area contributed by atoms with E-state index in [4.69, 9.17) is 0 Å². The van der Waals surface area contributed by atoms with Gasteiger partial charge in [0.2, 0.25) is 0 Å². The highest BCUT2D eigenvalue weighted by Gasteiger charge is 2.24. The fourth-order valence-corrected chi connectivity index (χ4v) is 2.78. The lowest BCUT2D eigenvalue weighted by atomic mass is 9.93. The maximum atomic E-state index is 3.59. The van der Waals surface area contributed by atoms with Crippen LogP contribution in [0.1, 0.15) is 25.8 Å². The summed E-state index contributed by atoms with van der Waals surface area (Å²) in [5, 5.41) is 3.59. The van der Waals surface area contributed by atoms with Crippen LogP contribution in [-0.4, -0.2) is 30.6 Å². The molecule has 17 heavy (non-hydrogen) atoms. The van der Waals surface area contributed by atoms with Gasteiger partial charge >= 0.3 is 0 Å². The molecule has 0 aliphatic carbocycles. The van der Waals surface area contributed by atoms with E-state index in [0.29, 0.717) is 6.04 Å². The minimum Gasteiger partial charge on any atom is -0.314 e. The van der Waals surface area contributed by atoms with Crippen molar-refractivity contribution in [1.82, 2.24) is 10.2 Å². The maximum absolute atomic E-state index is 3.59. The molecule has 1 heterocycles. The molecule has 94 valence electrons. The predicted octanol–water partition coefficient (Wildman–Crippen LogP) is 2.51. The molecule has 2 nitrogen and oxygen atoms in total. The first-order valence-corrected chi connectivity index (χ1v) is 6.79. The normalized spacial score (nSPS) is 26.0. The molecular weight excluding hydrogens is 208 g/mol. The van der Waals surface area contributed by atoms with Gasteiger partial charge in [-0.25, -0.2) is 0 Å². The quantitative estimate of drug-likeness (QED) is 0.858. The lowest BCUT2D eigenvalue weighted by molar-refractivity contribution is 0.142. The Bertz CT molecular complexity index is 323. The lowest BCUT2D eigenvalue weighted by Crippen LogP contribution is -2.47. The number of rotatable bonds is 4. The van der Waals surface area contributed by atoms with Crippen LogP contribution in [0, 0.1) is 5.92 Å². The van der Waals surface area contributed by atoms with Gasteiger partial charge in [-0.05, 0) is 31.0 Å². The summed E-state index contributed by atoms with van der Waals surface area (Å²) < 4.78 is 0. The second-order valence-electron chi connectivity index (χ2n) is 5.15. The van der Waals surface area contributed by atoms with Gasteiger partial charge in [0.15, 0.2) is 0 Å². The topological polar surface area (TPSA) is 15.3 Å². The summed E-state index contributed by atoms with van der Waals surface area (Å²) in [7, 11) is 0. The second-order valence-corrected chi connectivity index (χ2v) is 5.15. The van der Waals surface area contributed by atoms with Crippen molar-refractivity contribution < 1.29 is 0 Å². The number of likely N-dealkylation sites (tertiary alicyclic amines) is 1. The molecule has 1 aliphatic rings. The number of hydrogen-bond donors (Lipinski definition) is 1. The Balaban J connectivity index is 1.85. The number of hydrogen-bond acceptors (Lipinski definition) is 2. The molecule has 1 saturated heterocycles. The van der Waals surface area contributed by atoms with Crippen LogP contribution in [-0.2, 0) is 6.54 Å². The molecular formula is C15H24N2. The zero-order chi connectivity index (χ0) is 12.1. The Kier molecular flexibility index (Phi) is 4.57. The van der Waals surface area contributed by atoms with Gasteiger partial charge in [-0.3, -0.25) is 4.90 Å². The van der Waals surface area contributed by atoms with Crippen molar-refractivity contribution in [1.29, 1.82) is 0 Å². The van der Waals surface area contributed by atoms with Crippen LogP contribution in [0.5, 0.6) is 0 Å². The first-order valence-electron chi connectivity index (χ1n) is 6.79. The SMILES string of the molecule is CCN[C@H]1CCN(Cc2ccccc2)C[C@H]1C. The highest BCUT2D eigenvalue weighted by Crippen LogP contribution is 2.18. The van der Waals surface area contributed by atoms with E-state index in [1.54, 1.807) is 0 Å². The molecule has 0 unspecified atom stereocenters. The van der Waals surface area contributed by atoms with E-state index in [0.717, 1.165) is 19.0 Å². The molecule has 0 aromatic heterocycles. The summed E-state index contributed by atoms with van der Waals surface area (Å²) in [6, 6.07) is 11.5. The third-order valence-corrected chi connectivity index (χ3v) is 3.70. The molecule has 1 N–H and O–H groups in total. The van der Waals surface area contributed by atoms with Crippen molar-refractivity contribution in [3.8, 4) is 0 Å². The Morgan fingerprint density at radius 1 is 1.29 bits per heavy atom. The van der Waals surface area contributed by atoms with Crippen molar-refractivity contribution in [3.05, 3.63) is 35.9 Å². The van der Waals surface area contributed by atoms with Crippen LogP contribution in [0.2, 0.25) is 0 Å². The van der Waals surface area contributed by atoms with Crippen LogP contribution >= 0.6 is 0 Å². The van der Waals surface area contributed by atoms with Crippen LogP contribution in [0.4, 0.5) is 0 Å². The Morgan fingerprint density at radius 2 is 2.06 bits per heavy atom. The van der Waals surface area contributed by atoms with Crippen molar-refractivity contribution in [2.75, 3.05) is 19.6 Å². The molecule has 2 rings (SSSR count). The molecule has 2 heteroatoms. The van der Waals surface area contributed by atoms with Crippen LogP contribution in [0.3, 0.4) is 0 Å². The minimum atomic E-state index is 0.715. The summed E-state index contributed by atoms with van der Waals surface area (Å²) >= 11 is 0. The van der Waals surface area contributed by atoms with E-state index < -0.39 is 0 Å². The summed E-state index contributed by atoms with van der Waals surface area (Å²) in [5.74, 6) is 0.757. The van der Waals surface area contributed by atoms with Gasteiger partial charge in [0.05, 0.1) is 0 Å². The van der Waals surface area contributed by atoms with E-state index in [1.165, 1.54) is 25.1 Å². The average Bonchev–Trinajstić information content (AvgIpc) is 2.34. The lowest BCUT2D eigenvalue weighted by Gasteiger charge is -2.37. The van der Waals surface area contributed by atoms with Crippen molar-refractivity contribution in [3.63, 3.8) is 0 Å². The molecule has 1 aliphatic heterocycles. The van der Waals surface area contributed by atoms with E-state index in [-0.39, 0.29) is 0 Å². The van der Waals surface area contributed by atoms with Gasteiger partial charge in [0, 0.05) is 19.1 Å². The molecule has 0 saturated carbocycles. The fraction of sp³-hybridized carbons (Fsp3) is 0.600. The standard InChI is InChI=1S/C15H24N2/c1-3-16-15-9-10-17(11-13(15)2)12-14-7-5-4-6-8-14/h4-8,13,15-16H,3,9-12H2,1-2H3/t13-,15+/m1/s1. The summed E-state index contributed by atoms with van der Waals surface area (Å²) in [5.41, 5.74) is 1.43. The minimum absolute atomic E-state index is 0.715. The third-order valence-electron chi connectivity index (χ3n) is 3.70. The fourth-order valence-electron chi connectivity index (χ4n) is 2.78. The number of piperidine rings is 1. The Morgan fingerprint density at radius 3 is 2.71 bits per heavy atom. The van der Waals surface area contributed by atoms with Crippen molar-refractivity contribution >= 4 is 0 Å². The zero-order valence-electron chi connectivity index (χ0n) is 11.0. The van der Waals surface area contributed by atoms with Gasteiger partial charge in [-0.15, -0.1) is 0 Å². The monoisotopic (exact) mass is 232 g/mol. The largest absolute Gasteiger partial charge is 0.314 e. The number of nitrogens with one attached hydrogen (secondary N) is 1. The van der Waals surface area contributed by atoms with Crippen LogP contribution in [0.15, 0.2) is 30.3 Å². The van der Waals surface area contributed by atoms with Crippen LogP contribution in [0.25, 0.3) is 0 Å². The third kappa shape index (κ3) is 3.55. The molecule has 1 aromatic carbocycles. The first-order chi connectivity index (χ1) is 8.29. The summed E-state index contributed by atoms with van der Waals surface area (Å²) in [4.78, 5) is 2.58. The zero-order valence-corrected chi connectivity index (χ0v) is 11.0. The van der Waals surface area contributed by atoms with E-state index in [2.05, 4.69) is 54.4 Å². The Labute approximate surface area is 105 Å².